The van der Waals surface area contributed by atoms with Gasteiger partial charge in [0.05, 0.1) is 18.4 Å². The molecule has 7 heteroatoms. The fourth-order valence-electron chi connectivity index (χ4n) is 3.15. The van der Waals surface area contributed by atoms with E-state index in [2.05, 4.69) is 4.98 Å². The van der Waals surface area contributed by atoms with Gasteiger partial charge >= 0.3 is 5.97 Å². The minimum atomic E-state index is -1.59. The molecule has 3 rings (SSSR count). The van der Waals surface area contributed by atoms with E-state index in [4.69, 9.17) is 0 Å². The van der Waals surface area contributed by atoms with Crippen molar-refractivity contribution in [2.75, 3.05) is 0 Å². The maximum absolute atomic E-state index is 13.6. The predicted molar refractivity (Wildman–Crippen MR) is 84.7 cm³/mol. The predicted octanol–water partition coefficient (Wildman–Crippen LogP) is 1.89. The van der Waals surface area contributed by atoms with Crippen LogP contribution in [0.15, 0.2) is 48.8 Å². The molecule has 0 spiro atoms. The molecule has 1 aromatic carbocycles. The third kappa shape index (κ3) is 3.13. The first kappa shape index (κ1) is 16.8. The lowest BCUT2D eigenvalue weighted by Crippen LogP contribution is -2.40. The number of halogens is 1. The van der Waals surface area contributed by atoms with Gasteiger partial charge < -0.3 is 5.11 Å². The summed E-state index contributed by atoms with van der Waals surface area (Å²) in [7, 11) is 0. The molecule has 128 valence electrons. The molecule has 6 nitrogen and oxygen atoms in total. The van der Waals surface area contributed by atoms with E-state index in [0.29, 0.717) is 5.56 Å². The highest BCUT2D eigenvalue weighted by atomic mass is 19.1. The number of aliphatic carboxylic acids is 1. The van der Waals surface area contributed by atoms with Crippen molar-refractivity contribution in [3.05, 3.63) is 65.7 Å². The molecule has 0 saturated carbocycles. The fraction of sp³-hybridized carbons (Fsp3) is 0.222. The molecule has 0 radical (unpaired) electrons. The van der Waals surface area contributed by atoms with Crippen LogP contribution in [0.3, 0.4) is 0 Å². The van der Waals surface area contributed by atoms with Gasteiger partial charge in [-0.15, -0.1) is 0 Å². The Morgan fingerprint density at radius 2 is 2.08 bits per heavy atom. The highest BCUT2D eigenvalue weighted by Crippen LogP contribution is 2.40. The van der Waals surface area contributed by atoms with E-state index < -0.39 is 35.4 Å². The Balaban J connectivity index is 2.00. The molecule has 1 aliphatic heterocycles. The SMILES string of the molecule is O=C(O)C[C@@]1(c2cccc(F)c2)CC(=O)N(Cc2cccnc2)C1=O. The second kappa shape index (κ2) is 6.43. The van der Waals surface area contributed by atoms with Crippen molar-refractivity contribution in [3.8, 4) is 0 Å². The number of benzene rings is 1. The second-order valence-corrected chi connectivity index (χ2v) is 5.99. The van der Waals surface area contributed by atoms with E-state index in [9.17, 15) is 23.9 Å². The minimum absolute atomic E-state index is 0.00217. The van der Waals surface area contributed by atoms with Gasteiger partial charge in [0.1, 0.15) is 5.82 Å². The lowest BCUT2D eigenvalue weighted by molar-refractivity contribution is -0.145. The Kier molecular flexibility index (Phi) is 4.31. The van der Waals surface area contributed by atoms with E-state index in [1.54, 1.807) is 18.3 Å². The molecule has 1 fully saturated rings. The van der Waals surface area contributed by atoms with Gasteiger partial charge in [0.15, 0.2) is 0 Å². The standard InChI is InChI=1S/C18H15FN2O4/c19-14-5-1-4-13(7-14)18(9-16(23)24)8-15(22)21(17(18)25)11-12-3-2-6-20-10-12/h1-7,10H,8-9,11H2,(H,23,24)/t18-/m1/s1. The Morgan fingerprint density at radius 3 is 2.72 bits per heavy atom. The van der Waals surface area contributed by atoms with Gasteiger partial charge in [-0.2, -0.15) is 0 Å². The Morgan fingerprint density at radius 1 is 1.28 bits per heavy atom. The number of likely N-dealkylation sites (tertiary alicyclic amines) is 1. The molecule has 0 aliphatic carbocycles. The number of nitrogens with zero attached hydrogens (tertiary/aromatic N) is 2. The van der Waals surface area contributed by atoms with Crippen molar-refractivity contribution in [2.45, 2.75) is 24.8 Å². The molecule has 2 aromatic rings. The zero-order valence-electron chi connectivity index (χ0n) is 13.2. The number of hydrogen-bond donors (Lipinski definition) is 1. The number of imide groups is 1. The number of rotatable bonds is 5. The normalized spacial score (nSPS) is 20.1. The van der Waals surface area contributed by atoms with Crippen LogP contribution < -0.4 is 0 Å². The van der Waals surface area contributed by atoms with Crippen LogP contribution >= 0.6 is 0 Å². The number of carboxylic acid groups (broad SMARTS) is 1. The number of carbonyl (C=O) groups is 3. The monoisotopic (exact) mass is 342 g/mol. The maximum atomic E-state index is 13.6. The van der Waals surface area contributed by atoms with Gasteiger partial charge in [0.2, 0.25) is 11.8 Å². The quantitative estimate of drug-likeness (QED) is 0.839. The molecule has 1 aromatic heterocycles. The topological polar surface area (TPSA) is 87.6 Å². The van der Waals surface area contributed by atoms with Crippen molar-refractivity contribution >= 4 is 17.8 Å². The molecular formula is C18H15FN2O4. The average Bonchev–Trinajstić information content (AvgIpc) is 2.80. The van der Waals surface area contributed by atoms with Crippen LogP contribution in [0, 0.1) is 5.82 Å². The Hall–Kier alpha value is -3.09. The summed E-state index contributed by atoms with van der Waals surface area (Å²) < 4.78 is 13.6. The van der Waals surface area contributed by atoms with Gasteiger partial charge in [0.25, 0.3) is 0 Å². The van der Waals surface area contributed by atoms with Gasteiger partial charge in [-0.25, -0.2) is 4.39 Å². The molecule has 1 aliphatic rings. The van der Waals surface area contributed by atoms with Crippen molar-refractivity contribution in [3.63, 3.8) is 0 Å². The second-order valence-electron chi connectivity index (χ2n) is 5.99. The van der Waals surface area contributed by atoms with Crippen LogP contribution in [-0.4, -0.2) is 32.8 Å². The zero-order valence-corrected chi connectivity index (χ0v) is 13.2. The van der Waals surface area contributed by atoms with E-state index in [1.807, 2.05) is 0 Å². The van der Waals surface area contributed by atoms with E-state index in [-0.39, 0.29) is 18.5 Å². The molecule has 0 bridgehead atoms. The summed E-state index contributed by atoms with van der Waals surface area (Å²) >= 11 is 0. The number of pyridine rings is 1. The minimum Gasteiger partial charge on any atom is -0.481 e. The maximum Gasteiger partial charge on any atom is 0.304 e. The lowest BCUT2D eigenvalue weighted by atomic mass is 9.76. The van der Waals surface area contributed by atoms with Crippen LogP contribution in [0.2, 0.25) is 0 Å². The largest absolute Gasteiger partial charge is 0.481 e. The molecule has 25 heavy (non-hydrogen) atoms. The number of hydrogen-bond acceptors (Lipinski definition) is 4. The van der Waals surface area contributed by atoms with Crippen LogP contribution in [0.4, 0.5) is 4.39 Å². The smallest absolute Gasteiger partial charge is 0.304 e. The summed E-state index contributed by atoms with van der Waals surface area (Å²) in [6, 6.07) is 8.58. The summed E-state index contributed by atoms with van der Waals surface area (Å²) in [4.78, 5) is 41.7. The highest BCUT2D eigenvalue weighted by Gasteiger charge is 2.53. The highest BCUT2D eigenvalue weighted by molar-refractivity contribution is 6.10. The molecular weight excluding hydrogens is 327 g/mol. The Labute approximate surface area is 142 Å². The summed E-state index contributed by atoms with van der Waals surface area (Å²) in [5.41, 5.74) is -0.746. The van der Waals surface area contributed by atoms with Crippen molar-refractivity contribution in [2.24, 2.45) is 0 Å². The summed E-state index contributed by atoms with van der Waals surface area (Å²) in [5.74, 6) is -2.93. The molecule has 2 heterocycles. The third-order valence-electron chi connectivity index (χ3n) is 4.30. The summed E-state index contributed by atoms with van der Waals surface area (Å²) in [5, 5.41) is 9.26. The molecule has 2 amide bonds. The first-order valence-electron chi connectivity index (χ1n) is 7.64. The van der Waals surface area contributed by atoms with Crippen LogP contribution in [-0.2, 0) is 26.3 Å². The first-order valence-corrected chi connectivity index (χ1v) is 7.64. The van der Waals surface area contributed by atoms with Crippen LogP contribution in [0.25, 0.3) is 0 Å². The molecule has 0 unspecified atom stereocenters. The van der Waals surface area contributed by atoms with Crippen molar-refractivity contribution in [1.82, 2.24) is 9.88 Å². The summed E-state index contributed by atoms with van der Waals surface area (Å²) in [6.07, 6.45) is 2.21. The number of amides is 2. The number of carbonyl (C=O) groups excluding carboxylic acids is 2. The van der Waals surface area contributed by atoms with Gasteiger partial charge in [0, 0.05) is 18.8 Å². The Bertz CT molecular complexity index is 840. The number of aromatic nitrogens is 1. The number of carboxylic acids is 1. The van der Waals surface area contributed by atoms with E-state index in [1.165, 1.54) is 24.4 Å². The molecule has 1 atom stereocenters. The summed E-state index contributed by atoms with van der Waals surface area (Å²) in [6.45, 7) is 0.00217. The van der Waals surface area contributed by atoms with Crippen molar-refractivity contribution < 1.29 is 23.9 Å². The van der Waals surface area contributed by atoms with Crippen LogP contribution in [0.1, 0.15) is 24.0 Å². The fourth-order valence-corrected chi connectivity index (χ4v) is 3.15. The van der Waals surface area contributed by atoms with Crippen molar-refractivity contribution in [1.29, 1.82) is 0 Å². The third-order valence-corrected chi connectivity index (χ3v) is 4.30. The zero-order chi connectivity index (χ0) is 18.0. The van der Waals surface area contributed by atoms with Gasteiger partial charge in [-0.05, 0) is 29.3 Å². The van der Waals surface area contributed by atoms with E-state index >= 15 is 0 Å². The van der Waals surface area contributed by atoms with E-state index in [0.717, 1.165) is 11.0 Å². The lowest BCUT2D eigenvalue weighted by Gasteiger charge is -2.25. The van der Waals surface area contributed by atoms with Crippen LogP contribution in [0.5, 0.6) is 0 Å². The molecule has 1 saturated heterocycles. The molecule has 1 N–H and O–H groups in total. The van der Waals surface area contributed by atoms with Gasteiger partial charge in [-0.3, -0.25) is 24.3 Å². The first-order chi connectivity index (χ1) is 11.9. The average molecular weight is 342 g/mol. The van der Waals surface area contributed by atoms with Gasteiger partial charge in [-0.1, -0.05) is 18.2 Å².